The highest BCUT2D eigenvalue weighted by atomic mass is 35.5. The van der Waals surface area contributed by atoms with Gasteiger partial charge in [-0.25, -0.2) is 4.79 Å². The molecule has 4 N–H and O–H groups in total. The second-order valence-electron chi connectivity index (χ2n) is 14.5. The number of hydrogen-bond donors (Lipinski definition) is 3. The number of halogens is 1. The number of nitrogens with two attached hydrogens (primary N) is 1. The number of ether oxygens (including phenoxy) is 1. The maximum absolute atomic E-state index is 14.2. The van der Waals surface area contributed by atoms with Gasteiger partial charge in [-0.15, -0.1) is 0 Å². The predicted octanol–water partition coefficient (Wildman–Crippen LogP) is 3.95. The zero-order valence-corrected chi connectivity index (χ0v) is 27.7. The lowest BCUT2D eigenvalue weighted by Crippen LogP contribution is -2.55. The summed E-state index contributed by atoms with van der Waals surface area (Å²) in [5.74, 6) is -1.60. The molecule has 5 amide bonds. The van der Waals surface area contributed by atoms with E-state index >= 15 is 0 Å². The summed E-state index contributed by atoms with van der Waals surface area (Å²) < 4.78 is 5.91. The molecule has 11 nitrogen and oxygen atoms in total. The topological polar surface area (TPSA) is 151 Å². The molecule has 3 aliphatic heterocycles. The van der Waals surface area contributed by atoms with Crippen LogP contribution in [0.15, 0.2) is 30.4 Å². The van der Waals surface area contributed by atoms with Crippen molar-refractivity contribution >= 4 is 41.3 Å². The third-order valence-corrected chi connectivity index (χ3v) is 9.55. The molecule has 1 saturated heterocycles. The van der Waals surface area contributed by atoms with Crippen molar-refractivity contribution in [2.45, 2.75) is 115 Å². The number of benzene rings is 1. The minimum atomic E-state index is -0.956. The lowest BCUT2D eigenvalue weighted by atomic mass is 9.91. The Hall–Kier alpha value is -3.60. The first-order valence-electron chi connectivity index (χ1n) is 16.3. The van der Waals surface area contributed by atoms with Gasteiger partial charge < -0.3 is 26.0 Å². The Labute approximate surface area is 275 Å². The van der Waals surface area contributed by atoms with E-state index in [1.54, 1.807) is 11.0 Å². The molecule has 46 heavy (non-hydrogen) atoms. The molecule has 5 rings (SSSR count). The van der Waals surface area contributed by atoms with Crippen LogP contribution in [-0.4, -0.2) is 69.8 Å². The van der Waals surface area contributed by atoms with Crippen LogP contribution in [0.2, 0.25) is 5.02 Å². The summed E-state index contributed by atoms with van der Waals surface area (Å²) >= 11 is 6.14. The van der Waals surface area contributed by atoms with Gasteiger partial charge in [0.15, 0.2) is 0 Å². The molecule has 0 aromatic heterocycles. The summed E-state index contributed by atoms with van der Waals surface area (Å²) in [5, 5.41) is 6.59. The summed E-state index contributed by atoms with van der Waals surface area (Å²) in [4.78, 5) is 69.5. The Balaban J connectivity index is 1.37. The first-order valence-corrected chi connectivity index (χ1v) is 16.7. The van der Waals surface area contributed by atoms with Crippen LogP contribution in [0.1, 0.15) is 89.7 Å². The van der Waals surface area contributed by atoms with E-state index in [0.717, 1.165) is 36.8 Å². The van der Waals surface area contributed by atoms with Crippen LogP contribution in [-0.2, 0) is 37.0 Å². The Bertz CT molecular complexity index is 1410. The third kappa shape index (κ3) is 8.21. The van der Waals surface area contributed by atoms with E-state index in [1.165, 1.54) is 4.90 Å². The van der Waals surface area contributed by atoms with E-state index in [4.69, 9.17) is 22.1 Å². The number of carbonyl (C=O) groups excluding carboxylic acids is 5. The van der Waals surface area contributed by atoms with Crippen LogP contribution in [0.3, 0.4) is 0 Å². The highest BCUT2D eigenvalue weighted by molar-refractivity contribution is 6.30. The number of rotatable bonds is 5. The molecule has 12 heteroatoms. The Morgan fingerprint density at radius 2 is 1.89 bits per heavy atom. The Morgan fingerprint density at radius 3 is 2.63 bits per heavy atom. The van der Waals surface area contributed by atoms with E-state index in [9.17, 15) is 24.0 Å². The second-order valence-corrected chi connectivity index (χ2v) is 15.0. The average Bonchev–Trinajstić information content (AvgIpc) is 3.27. The number of amides is 5. The minimum absolute atomic E-state index is 0.00701. The molecule has 0 spiro atoms. The molecule has 2 fully saturated rings. The number of carbonyl (C=O) groups is 5. The summed E-state index contributed by atoms with van der Waals surface area (Å²) in [6.07, 6.45) is 7.48. The van der Waals surface area contributed by atoms with Gasteiger partial charge in [-0.2, -0.15) is 0 Å². The molecule has 5 atom stereocenters. The van der Waals surface area contributed by atoms with Crippen LogP contribution in [0, 0.1) is 11.3 Å². The largest absolute Gasteiger partial charge is 0.444 e. The third-order valence-electron chi connectivity index (χ3n) is 9.32. The van der Waals surface area contributed by atoms with Crippen molar-refractivity contribution in [3.63, 3.8) is 0 Å². The lowest BCUT2D eigenvalue weighted by Gasteiger charge is -2.30. The Morgan fingerprint density at radius 1 is 1.13 bits per heavy atom. The van der Waals surface area contributed by atoms with Gasteiger partial charge in [0.25, 0.3) is 0 Å². The molecule has 1 aliphatic carbocycles. The molecule has 250 valence electrons. The van der Waals surface area contributed by atoms with Crippen LogP contribution in [0.5, 0.6) is 0 Å². The first-order chi connectivity index (χ1) is 21.7. The summed E-state index contributed by atoms with van der Waals surface area (Å²) in [6, 6.07) is 3.71. The standard InChI is InChI=1S/C34H46ClN5O6/c1-33(2,3)17-29(42)37-26-10-8-6-4-5-7-9-23-15-34(23,16-28(36)41)38-30(43)27-14-25(20-40(27)31(26)44)46-32(45)39-18-21-11-12-24(35)13-22(21)19-39/h7,9,11-13,23,25-27H,4-6,8,10,14-20H2,1-3H3,(H2,36,41)(H,37,42)(H,38,43). The summed E-state index contributed by atoms with van der Waals surface area (Å²) in [5.41, 5.74) is 6.43. The maximum atomic E-state index is 14.2. The van der Waals surface area contributed by atoms with Crippen molar-refractivity contribution in [1.29, 1.82) is 0 Å². The molecule has 1 aromatic carbocycles. The fourth-order valence-electron chi connectivity index (χ4n) is 6.93. The van der Waals surface area contributed by atoms with Gasteiger partial charge in [0.05, 0.1) is 18.5 Å². The highest BCUT2D eigenvalue weighted by Crippen LogP contribution is 2.47. The van der Waals surface area contributed by atoms with Crippen molar-refractivity contribution in [2.75, 3.05) is 6.54 Å². The van der Waals surface area contributed by atoms with E-state index in [2.05, 4.69) is 16.7 Å². The Kier molecular flexibility index (Phi) is 10.0. The minimum Gasteiger partial charge on any atom is -0.444 e. The lowest BCUT2D eigenvalue weighted by molar-refractivity contribution is -0.142. The molecule has 5 unspecified atom stereocenters. The number of allylic oxidation sites excluding steroid dienone is 1. The smallest absolute Gasteiger partial charge is 0.410 e. The summed E-state index contributed by atoms with van der Waals surface area (Å²) in [6.45, 7) is 6.60. The normalized spacial score (nSPS) is 28.3. The van der Waals surface area contributed by atoms with Gasteiger partial charge in [-0.3, -0.25) is 24.1 Å². The molecule has 1 saturated carbocycles. The predicted molar refractivity (Wildman–Crippen MR) is 172 cm³/mol. The number of primary amides is 1. The highest BCUT2D eigenvalue weighted by Gasteiger charge is 2.56. The second kappa shape index (κ2) is 13.6. The van der Waals surface area contributed by atoms with E-state index < -0.39 is 41.6 Å². The van der Waals surface area contributed by atoms with Gasteiger partial charge in [0, 0.05) is 36.9 Å². The van der Waals surface area contributed by atoms with Crippen LogP contribution >= 0.6 is 11.6 Å². The number of fused-ring (bicyclic) bond motifs is 3. The van der Waals surface area contributed by atoms with Gasteiger partial charge in [-0.05, 0) is 54.4 Å². The van der Waals surface area contributed by atoms with Crippen molar-refractivity contribution in [1.82, 2.24) is 20.4 Å². The molecule has 0 radical (unpaired) electrons. The molecule has 1 aromatic rings. The molecule has 4 aliphatic rings. The monoisotopic (exact) mass is 655 g/mol. The van der Waals surface area contributed by atoms with Crippen molar-refractivity contribution < 1.29 is 28.7 Å². The molecular formula is C34H46ClN5O6. The van der Waals surface area contributed by atoms with Gasteiger partial charge >= 0.3 is 6.09 Å². The SMILES string of the molecule is CC(C)(C)CC(=O)NC1CCCCCC=CC2CC2(CC(N)=O)NC(=O)C2CC(OC(=O)N3Cc4ccc(Cl)cc4C3)CN2C1=O. The molecule has 0 bridgehead atoms. The summed E-state index contributed by atoms with van der Waals surface area (Å²) in [7, 11) is 0. The van der Waals surface area contributed by atoms with Gasteiger partial charge in [-0.1, -0.05) is 63.4 Å². The van der Waals surface area contributed by atoms with Crippen molar-refractivity contribution in [2.24, 2.45) is 17.1 Å². The first kappa shape index (κ1) is 33.8. The van der Waals surface area contributed by atoms with E-state index in [-0.39, 0.29) is 49.0 Å². The van der Waals surface area contributed by atoms with E-state index in [0.29, 0.717) is 31.0 Å². The number of hydrogen-bond acceptors (Lipinski definition) is 6. The van der Waals surface area contributed by atoms with Crippen molar-refractivity contribution in [3.8, 4) is 0 Å². The zero-order chi connectivity index (χ0) is 33.2. The van der Waals surface area contributed by atoms with E-state index in [1.807, 2.05) is 39.0 Å². The fraction of sp³-hybridized carbons (Fsp3) is 0.618. The number of nitrogens with zero attached hydrogens (tertiary/aromatic N) is 2. The van der Waals surface area contributed by atoms with Crippen LogP contribution in [0.4, 0.5) is 4.79 Å². The molecule has 3 heterocycles. The van der Waals surface area contributed by atoms with Gasteiger partial charge in [0.2, 0.25) is 23.6 Å². The average molecular weight is 656 g/mol. The van der Waals surface area contributed by atoms with Gasteiger partial charge in [0.1, 0.15) is 18.2 Å². The van der Waals surface area contributed by atoms with Crippen molar-refractivity contribution in [3.05, 3.63) is 46.5 Å². The zero-order valence-electron chi connectivity index (χ0n) is 27.0. The quantitative estimate of drug-likeness (QED) is 0.409. The molecular weight excluding hydrogens is 610 g/mol. The maximum Gasteiger partial charge on any atom is 0.410 e. The number of nitrogens with one attached hydrogen (secondary N) is 2. The fourth-order valence-corrected chi connectivity index (χ4v) is 7.13. The van der Waals surface area contributed by atoms with Crippen LogP contribution < -0.4 is 16.4 Å². The van der Waals surface area contributed by atoms with Crippen LogP contribution in [0.25, 0.3) is 0 Å².